The standard InChI is InChI=1S/C11H16N8/c1-18(8-4-2-3-5-8)10-15-9(12)16-11(17-10)19-7-13-6-14-19/h6-8H,2-5H2,1H3,(H2,12,15,16,17). The Hall–Kier alpha value is -2.25. The highest BCUT2D eigenvalue weighted by atomic mass is 15.4. The molecule has 8 heteroatoms. The molecule has 8 nitrogen and oxygen atoms in total. The van der Waals surface area contributed by atoms with Crippen LogP contribution in [0.15, 0.2) is 12.7 Å². The van der Waals surface area contributed by atoms with Gasteiger partial charge in [-0.05, 0) is 12.8 Å². The summed E-state index contributed by atoms with van der Waals surface area (Å²) < 4.78 is 1.48. The van der Waals surface area contributed by atoms with Crippen LogP contribution in [-0.4, -0.2) is 42.8 Å². The zero-order chi connectivity index (χ0) is 13.2. The minimum Gasteiger partial charge on any atom is -0.368 e. The SMILES string of the molecule is CN(c1nc(N)nc(-n2cncn2)n1)C1CCCC1. The normalized spacial score (nSPS) is 15.8. The Kier molecular flexibility index (Phi) is 2.98. The number of hydrogen-bond donors (Lipinski definition) is 1. The molecule has 1 saturated carbocycles. The van der Waals surface area contributed by atoms with Crippen LogP contribution in [0.2, 0.25) is 0 Å². The highest BCUT2D eigenvalue weighted by Gasteiger charge is 2.22. The van der Waals surface area contributed by atoms with Gasteiger partial charge in [-0.2, -0.15) is 24.7 Å². The van der Waals surface area contributed by atoms with Gasteiger partial charge in [0.25, 0.3) is 5.95 Å². The predicted octanol–water partition coefficient (Wildman–Crippen LogP) is 0.413. The number of nitrogens with two attached hydrogens (primary N) is 1. The molecular formula is C11H16N8. The lowest BCUT2D eigenvalue weighted by atomic mass is 10.2. The molecule has 2 aromatic rings. The Morgan fingerprint density at radius 3 is 2.74 bits per heavy atom. The molecule has 0 amide bonds. The van der Waals surface area contributed by atoms with E-state index < -0.39 is 0 Å². The molecule has 2 N–H and O–H groups in total. The van der Waals surface area contributed by atoms with E-state index in [1.807, 2.05) is 7.05 Å². The van der Waals surface area contributed by atoms with Crippen molar-refractivity contribution in [3.63, 3.8) is 0 Å². The summed E-state index contributed by atoms with van der Waals surface area (Å²) in [6, 6.07) is 0.477. The van der Waals surface area contributed by atoms with Gasteiger partial charge >= 0.3 is 0 Å². The molecule has 0 saturated heterocycles. The molecule has 0 bridgehead atoms. The van der Waals surface area contributed by atoms with Gasteiger partial charge in [-0.3, -0.25) is 0 Å². The molecule has 100 valence electrons. The molecule has 0 unspecified atom stereocenters. The van der Waals surface area contributed by atoms with Crippen molar-refractivity contribution in [1.29, 1.82) is 0 Å². The van der Waals surface area contributed by atoms with Crippen LogP contribution in [0.4, 0.5) is 11.9 Å². The summed E-state index contributed by atoms with van der Waals surface area (Å²) in [5.41, 5.74) is 5.75. The molecule has 0 aliphatic heterocycles. The van der Waals surface area contributed by atoms with Crippen LogP contribution >= 0.6 is 0 Å². The fourth-order valence-electron chi connectivity index (χ4n) is 2.40. The average Bonchev–Trinajstić information content (AvgIpc) is 3.10. The van der Waals surface area contributed by atoms with Gasteiger partial charge in [0.15, 0.2) is 0 Å². The van der Waals surface area contributed by atoms with E-state index in [1.54, 1.807) is 0 Å². The number of aromatic nitrogens is 6. The molecule has 1 fully saturated rings. The minimum absolute atomic E-state index is 0.195. The second-order valence-electron chi connectivity index (χ2n) is 4.68. The van der Waals surface area contributed by atoms with E-state index in [-0.39, 0.29) is 5.95 Å². The van der Waals surface area contributed by atoms with Crippen molar-refractivity contribution >= 4 is 11.9 Å². The van der Waals surface area contributed by atoms with Crippen molar-refractivity contribution in [2.75, 3.05) is 17.7 Å². The molecule has 0 atom stereocenters. The van der Waals surface area contributed by atoms with Crippen molar-refractivity contribution in [3.05, 3.63) is 12.7 Å². The van der Waals surface area contributed by atoms with Crippen LogP contribution in [0.3, 0.4) is 0 Å². The number of hydrogen-bond acceptors (Lipinski definition) is 7. The average molecular weight is 260 g/mol. The van der Waals surface area contributed by atoms with Crippen molar-refractivity contribution in [3.8, 4) is 5.95 Å². The fourth-order valence-corrected chi connectivity index (χ4v) is 2.40. The second kappa shape index (κ2) is 4.79. The molecular weight excluding hydrogens is 244 g/mol. The summed E-state index contributed by atoms with van der Waals surface area (Å²) in [6.07, 6.45) is 7.81. The molecule has 0 aromatic carbocycles. The van der Waals surface area contributed by atoms with E-state index in [2.05, 4.69) is 29.9 Å². The van der Waals surface area contributed by atoms with Crippen molar-refractivity contribution in [2.24, 2.45) is 0 Å². The number of rotatable bonds is 3. The summed E-state index contributed by atoms with van der Waals surface area (Å²) in [6.45, 7) is 0. The Morgan fingerprint density at radius 1 is 1.26 bits per heavy atom. The molecule has 1 aliphatic carbocycles. The first-order chi connectivity index (χ1) is 9.24. The third-order valence-corrected chi connectivity index (χ3v) is 3.44. The first-order valence-electron chi connectivity index (χ1n) is 6.33. The van der Waals surface area contributed by atoms with Gasteiger partial charge in [-0.25, -0.2) is 4.98 Å². The van der Waals surface area contributed by atoms with Gasteiger partial charge in [0.2, 0.25) is 11.9 Å². The first kappa shape index (κ1) is 11.8. The molecule has 2 aromatic heterocycles. The number of anilines is 2. The van der Waals surface area contributed by atoms with Gasteiger partial charge in [-0.15, -0.1) is 0 Å². The van der Waals surface area contributed by atoms with E-state index in [0.717, 1.165) is 0 Å². The molecule has 1 aliphatic rings. The topological polar surface area (TPSA) is 98.6 Å². The molecule has 0 spiro atoms. The van der Waals surface area contributed by atoms with E-state index >= 15 is 0 Å². The van der Waals surface area contributed by atoms with Crippen LogP contribution in [0.25, 0.3) is 5.95 Å². The highest BCUT2D eigenvalue weighted by molar-refractivity contribution is 5.38. The lowest BCUT2D eigenvalue weighted by Crippen LogP contribution is -2.31. The van der Waals surface area contributed by atoms with E-state index in [1.165, 1.54) is 43.0 Å². The Balaban J connectivity index is 1.93. The zero-order valence-corrected chi connectivity index (χ0v) is 10.8. The van der Waals surface area contributed by atoms with E-state index in [4.69, 9.17) is 5.73 Å². The first-order valence-corrected chi connectivity index (χ1v) is 6.33. The molecule has 19 heavy (non-hydrogen) atoms. The maximum absolute atomic E-state index is 5.75. The maximum atomic E-state index is 5.75. The van der Waals surface area contributed by atoms with Crippen LogP contribution < -0.4 is 10.6 Å². The summed E-state index contributed by atoms with van der Waals surface area (Å²) in [4.78, 5) is 18.6. The van der Waals surface area contributed by atoms with Crippen molar-refractivity contribution in [2.45, 2.75) is 31.7 Å². The van der Waals surface area contributed by atoms with Crippen LogP contribution in [-0.2, 0) is 0 Å². The minimum atomic E-state index is 0.195. The van der Waals surface area contributed by atoms with Crippen LogP contribution in [0.5, 0.6) is 0 Å². The molecule has 0 radical (unpaired) electrons. The summed E-state index contributed by atoms with van der Waals surface area (Å²) in [5, 5.41) is 4.00. The second-order valence-corrected chi connectivity index (χ2v) is 4.68. The third-order valence-electron chi connectivity index (χ3n) is 3.44. The third kappa shape index (κ3) is 2.33. The quantitative estimate of drug-likeness (QED) is 0.853. The van der Waals surface area contributed by atoms with Crippen LogP contribution in [0.1, 0.15) is 25.7 Å². The monoisotopic (exact) mass is 260 g/mol. The maximum Gasteiger partial charge on any atom is 0.258 e. The smallest absolute Gasteiger partial charge is 0.258 e. The Labute approximate surface area is 110 Å². The Morgan fingerprint density at radius 2 is 2.05 bits per heavy atom. The highest BCUT2D eigenvalue weighted by Crippen LogP contribution is 2.25. The van der Waals surface area contributed by atoms with Crippen molar-refractivity contribution < 1.29 is 0 Å². The fraction of sp³-hybridized carbons (Fsp3) is 0.545. The predicted molar refractivity (Wildman–Crippen MR) is 69.8 cm³/mol. The van der Waals surface area contributed by atoms with Crippen LogP contribution in [0, 0.1) is 0 Å². The molecule has 2 heterocycles. The lowest BCUT2D eigenvalue weighted by molar-refractivity contribution is 0.633. The van der Waals surface area contributed by atoms with E-state index in [9.17, 15) is 0 Å². The van der Waals surface area contributed by atoms with Gasteiger partial charge in [0, 0.05) is 13.1 Å². The van der Waals surface area contributed by atoms with Gasteiger partial charge in [-0.1, -0.05) is 12.8 Å². The number of nitrogen functional groups attached to an aromatic ring is 1. The van der Waals surface area contributed by atoms with Crippen molar-refractivity contribution in [1.82, 2.24) is 29.7 Å². The summed E-state index contributed by atoms with van der Waals surface area (Å²) in [7, 11) is 2.00. The summed E-state index contributed by atoms with van der Waals surface area (Å²) in [5.74, 6) is 1.18. The summed E-state index contributed by atoms with van der Waals surface area (Å²) >= 11 is 0. The van der Waals surface area contributed by atoms with Gasteiger partial charge < -0.3 is 10.6 Å². The largest absolute Gasteiger partial charge is 0.368 e. The lowest BCUT2D eigenvalue weighted by Gasteiger charge is -2.24. The number of nitrogens with zero attached hydrogens (tertiary/aromatic N) is 7. The zero-order valence-electron chi connectivity index (χ0n) is 10.8. The molecule has 3 rings (SSSR count). The van der Waals surface area contributed by atoms with Gasteiger partial charge in [0.05, 0.1) is 0 Å². The van der Waals surface area contributed by atoms with Gasteiger partial charge in [0.1, 0.15) is 12.7 Å². The van der Waals surface area contributed by atoms with E-state index in [0.29, 0.717) is 17.9 Å². The Bertz CT molecular complexity index is 546.